The number of pyridine rings is 1. The predicted octanol–water partition coefficient (Wildman–Crippen LogP) is 4.05. The Bertz CT molecular complexity index is 732. The normalized spacial score (nSPS) is 16.5. The van der Waals surface area contributed by atoms with E-state index in [1.807, 2.05) is 6.07 Å². The van der Waals surface area contributed by atoms with Crippen LogP contribution in [0.4, 0.5) is 11.5 Å². The lowest BCUT2D eigenvalue weighted by Crippen LogP contribution is -2.19. The van der Waals surface area contributed by atoms with Crippen LogP contribution in [0.1, 0.15) is 48.2 Å². The van der Waals surface area contributed by atoms with Gasteiger partial charge in [0.2, 0.25) is 0 Å². The van der Waals surface area contributed by atoms with E-state index >= 15 is 0 Å². The average Bonchev–Trinajstić information content (AvgIpc) is 3.20. The van der Waals surface area contributed by atoms with Gasteiger partial charge in [0.25, 0.3) is 5.91 Å². The maximum Gasteiger partial charge on any atom is 0.255 e. The molecule has 1 atom stereocenters. The first kappa shape index (κ1) is 18.4. The van der Waals surface area contributed by atoms with Crippen molar-refractivity contribution >= 4 is 17.4 Å². The first-order valence-electron chi connectivity index (χ1n) is 9.45. The molecule has 1 aromatic carbocycles. The van der Waals surface area contributed by atoms with Gasteiger partial charge in [-0.1, -0.05) is 32.0 Å². The molecular formula is C21H27N3O2. The lowest BCUT2D eigenvalue weighted by molar-refractivity contribution is 0.102. The van der Waals surface area contributed by atoms with Crippen molar-refractivity contribution in [1.82, 2.24) is 4.98 Å². The van der Waals surface area contributed by atoms with E-state index in [9.17, 15) is 4.79 Å². The monoisotopic (exact) mass is 353 g/mol. The fraction of sp³-hybridized carbons (Fsp3) is 0.429. The summed E-state index contributed by atoms with van der Waals surface area (Å²) in [6, 6.07) is 9.72. The molecular weight excluding hydrogens is 326 g/mol. The minimum atomic E-state index is -0.108. The molecule has 1 saturated heterocycles. The van der Waals surface area contributed by atoms with Crippen LogP contribution in [-0.4, -0.2) is 30.1 Å². The van der Waals surface area contributed by atoms with Crippen LogP contribution in [-0.2, 0) is 17.6 Å². The number of rotatable bonds is 7. The number of amides is 1. The van der Waals surface area contributed by atoms with Crippen LogP contribution in [0.5, 0.6) is 0 Å². The van der Waals surface area contributed by atoms with Gasteiger partial charge in [0, 0.05) is 30.6 Å². The van der Waals surface area contributed by atoms with Crippen molar-refractivity contribution in [3.05, 3.63) is 53.2 Å². The number of carbonyl (C=O) groups is 1. The number of ether oxygens (including phenoxy) is 1. The number of anilines is 2. The Kier molecular flexibility index (Phi) is 6.23. The lowest BCUT2D eigenvalue weighted by Gasteiger charge is -2.15. The van der Waals surface area contributed by atoms with Crippen LogP contribution < -0.4 is 10.6 Å². The second-order valence-electron chi connectivity index (χ2n) is 6.56. The molecule has 1 aromatic heterocycles. The number of hydrogen-bond donors (Lipinski definition) is 2. The summed E-state index contributed by atoms with van der Waals surface area (Å²) < 4.78 is 5.61. The molecule has 2 heterocycles. The van der Waals surface area contributed by atoms with Crippen molar-refractivity contribution in [2.45, 2.75) is 45.6 Å². The molecule has 0 radical (unpaired) electrons. The topological polar surface area (TPSA) is 63.2 Å². The molecule has 0 saturated carbocycles. The molecule has 1 aliphatic heterocycles. The van der Waals surface area contributed by atoms with E-state index in [-0.39, 0.29) is 12.0 Å². The number of aromatic nitrogens is 1. The van der Waals surface area contributed by atoms with Gasteiger partial charge in [-0.3, -0.25) is 4.79 Å². The third kappa shape index (κ3) is 4.41. The molecule has 1 unspecified atom stereocenters. The van der Waals surface area contributed by atoms with Gasteiger partial charge in [-0.2, -0.15) is 0 Å². The summed E-state index contributed by atoms with van der Waals surface area (Å²) in [6.07, 6.45) is 5.85. The second kappa shape index (κ2) is 8.81. The standard InChI is InChI=1S/C21H27N3O2/c1-3-15-7-5-8-16(4-2)20(15)24-21(25)17-10-11-22-19(13-17)23-14-18-9-6-12-26-18/h5,7-8,10-11,13,18H,3-4,6,9,12,14H2,1-2H3,(H,22,23)(H,24,25). The van der Waals surface area contributed by atoms with Crippen LogP contribution in [0.2, 0.25) is 0 Å². The van der Waals surface area contributed by atoms with Crippen molar-refractivity contribution < 1.29 is 9.53 Å². The minimum absolute atomic E-state index is 0.108. The molecule has 5 heteroatoms. The van der Waals surface area contributed by atoms with Gasteiger partial charge in [-0.25, -0.2) is 4.98 Å². The fourth-order valence-corrected chi connectivity index (χ4v) is 3.28. The zero-order chi connectivity index (χ0) is 18.4. The third-order valence-corrected chi connectivity index (χ3v) is 4.79. The van der Waals surface area contributed by atoms with E-state index in [1.54, 1.807) is 18.3 Å². The summed E-state index contributed by atoms with van der Waals surface area (Å²) >= 11 is 0. The van der Waals surface area contributed by atoms with Crippen molar-refractivity contribution in [3.63, 3.8) is 0 Å². The molecule has 0 aliphatic carbocycles. The van der Waals surface area contributed by atoms with E-state index in [4.69, 9.17) is 4.74 Å². The van der Waals surface area contributed by atoms with Gasteiger partial charge in [-0.15, -0.1) is 0 Å². The predicted molar refractivity (Wildman–Crippen MR) is 105 cm³/mol. The highest BCUT2D eigenvalue weighted by atomic mass is 16.5. The second-order valence-corrected chi connectivity index (χ2v) is 6.56. The van der Waals surface area contributed by atoms with Gasteiger partial charge in [0.15, 0.2) is 0 Å². The zero-order valence-corrected chi connectivity index (χ0v) is 15.5. The number of hydrogen-bond acceptors (Lipinski definition) is 4. The van der Waals surface area contributed by atoms with E-state index in [2.05, 4.69) is 41.6 Å². The molecule has 3 rings (SSSR count). The Morgan fingerprint density at radius 1 is 1.23 bits per heavy atom. The van der Waals surface area contributed by atoms with Crippen LogP contribution in [0, 0.1) is 0 Å². The molecule has 1 amide bonds. The molecule has 1 fully saturated rings. The molecule has 1 aliphatic rings. The quantitative estimate of drug-likeness (QED) is 0.788. The maximum absolute atomic E-state index is 12.8. The van der Waals surface area contributed by atoms with Crippen LogP contribution in [0.25, 0.3) is 0 Å². The van der Waals surface area contributed by atoms with Crippen molar-refractivity contribution in [1.29, 1.82) is 0 Å². The van der Waals surface area contributed by atoms with Crippen LogP contribution in [0.15, 0.2) is 36.5 Å². The summed E-state index contributed by atoms with van der Waals surface area (Å²) in [7, 11) is 0. The van der Waals surface area contributed by atoms with Gasteiger partial charge in [0.05, 0.1) is 6.10 Å². The molecule has 2 aromatic rings. The molecule has 0 bridgehead atoms. The lowest BCUT2D eigenvalue weighted by atomic mass is 10.0. The summed E-state index contributed by atoms with van der Waals surface area (Å²) in [6.45, 7) is 5.75. The Balaban J connectivity index is 1.71. The summed E-state index contributed by atoms with van der Waals surface area (Å²) in [4.78, 5) is 17.1. The van der Waals surface area contributed by atoms with Gasteiger partial charge in [0.1, 0.15) is 5.82 Å². The number of carbonyl (C=O) groups excluding carboxylic acids is 1. The molecule has 2 N–H and O–H groups in total. The van der Waals surface area contributed by atoms with Gasteiger partial charge < -0.3 is 15.4 Å². The highest BCUT2D eigenvalue weighted by molar-refractivity contribution is 6.05. The van der Waals surface area contributed by atoms with Crippen LogP contribution >= 0.6 is 0 Å². The summed E-state index contributed by atoms with van der Waals surface area (Å²) in [5, 5.41) is 6.38. The first-order valence-corrected chi connectivity index (χ1v) is 9.45. The number of nitrogens with one attached hydrogen (secondary N) is 2. The molecule has 26 heavy (non-hydrogen) atoms. The summed E-state index contributed by atoms with van der Waals surface area (Å²) in [5.74, 6) is 0.593. The van der Waals surface area contributed by atoms with E-state index in [0.29, 0.717) is 11.4 Å². The molecule has 138 valence electrons. The highest BCUT2D eigenvalue weighted by Gasteiger charge is 2.16. The Morgan fingerprint density at radius 2 is 2.00 bits per heavy atom. The fourth-order valence-electron chi connectivity index (χ4n) is 3.28. The SMILES string of the molecule is CCc1cccc(CC)c1NC(=O)c1ccnc(NCC2CCCO2)c1. The Hall–Kier alpha value is -2.40. The Morgan fingerprint density at radius 3 is 2.65 bits per heavy atom. The van der Waals surface area contributed by atoms with Gasteiger partial charge in [-0.05, 0) is 48.9 Å². The van der Waals surface area contributed by atoms with Crippen LogP contribution in [0.3, 0.4) is 0 Å². The number of nitrogens with zero attached hydrogens (tertiary/aromatic N) is 1. The van der Waals surface area contributed by atoms with Crippen molar-refractivity contribution in [2.24, 2.45) is 0 Å². The van der Waals surface area contributed by atoms with Crippen molar-refractivity contribution in [3.8, 4) is 0 Å². The maximum atomic E-state index is 12.8. The largest absolute Gasteiger partial charge is 0.376 e. The number of aryl methyl sites for hydroxylation is 2. The van der Waals surface area contributed by atoms with E-state index < -0.39 is 0 Å². The smallest absolute Gasteiger partial charge is 0.255 e. The highest BCUT2D eigenvalue weighted by Crippen LogP contribution is 2.23. The minimum Gasteiger partial charge on any atom is -0.376 e. The number of benzene rings is 1. The summed E-state index contributed by atoms with van der Waals surface area (Å²) in [5.41, 5.74) is 3.85. The first-order chi connectivity index (χ1) is 12.7. The Labute approximate surface area is 155 Å². The van der Waals surface area contributed by atoms with E-state index in [1.165, 1.54) is 0 Å². The third-order valence-electron chi connectivity index (χ3n) is 4.79. The van der Waals surface area contributed by atoms with Crippen molar-refractivity contribution in [2.75, 3.05) is 23.8 Å². The molecule has 0 spiro atoms. The zero-order valence-electron chi connectivity index (χ0n) is 15.5. The molecule has 5 nitrogen and oxygen atoms in total. The van der Waals surface area contributed by atoms with E-state index in [0.717, 1.165) is 55.6 Å². The average molecular weight is 353 g/mol. The van der Waals surface area contributed by atoms with Gasteiger partial charge >= 0.3 is 0 Å². The number of para-hydroxylation sites is 1.